The fourth-order valence-electron chi connectivity index (χ4n) is 3.92. The number of hydrogen-bond donors (Lipinski definition) is 2. The number of benzene rings is 2. The second-order valence-electron chi connectivity index (χ2n) is 7.78. The summed E-state index contributed by atoms with van der Waals surface area (Å²) >= 11 is 0. The Hall–Kier alpha value is -2.70. The third-order valence-corrected chi connectivity index (χ3v) is 5.76. The summed E-state index contributed by atoms with van der Waals surface area (Å²) in [6.07, 6.45) is 2.03. The van der Waals surface area contributed by atoms with E-state index in [4.69, 9.17) is 4.74 Å². The molecular weight excluding hydrogens is 371 g/mol. The van der Waals surface area contributed by atoms with E-state index in [1.54, 1.807) is 17.2 Å². The van der Waals surface area contributed by atoms with Gasteiger partial charge in [-0.3, -0.25) is 4.79 Å². The first-order chi connectivity index (χ1) is 13.9. The Bertz CT molecular complexity index is 1000. The molecule has 1 aliphatic rings. The second kappa shape index (κ2) is 7.97. The molecule has 1 aliphatic heterocycles. The number of fused-ring (bicyclic) bond motifs is 1. The fraction of sp³-hybridized carbons (Fsp3) is 0.348. The summed E-state index contributed by atoms with van der Waals surface area (Å²) in [6, 6.07) is 14.2. The topological polar surface area (TPSA) is 65.6 Å². The highest BCUT2D eigenvalue weighted by Gasteiger charge is 2.41. The number of amides is 1. The molecule has 0 bridgehead atoms. The van der Waals surface area contributed by atoms with E-state index in [2.05, 4.69) is 4.98 Å². The van der Waals surface area contributed by atoms with Crippen molar-refractivity contribution in [3.8, 4) is 0 Å². The summed E-state index contributed by atoms with van der Waals surface area (Å²) in [6.45, 7) is 2.90. The molecule has 1 saturated heterocycles. The zero-order valence-electron chi connectivity index (χ0n) is 16.4. The van der Waals surface area contributed by atoms with Gasteiger partial charge in [0, 0.05) is 36.7 Å². The van der Waals surface area contributed by atoms with Crippen LogP contribution in [0, 0.1) is 5.82 Å². The molecule has 2 heterocycles. The van der Waals surface area contributed by atoms with Gasteiger partial charge in [-0.1, -0.05) is 30.3 Å². The first kappa shape index (κ1) is 19.6. The van der Waals surface area contributed by atoms with Crippen molar-refractivity contribution in [2.75, 3.05) is 13.2 Å². The van der Waals surface area contributed by atoms with Crippen LogP contribution in [0.25, 0.3) is 10.9 Å². The molecule has 0 saturated carbocycles. The third kappa shape index (κ3) is 4.18. The number of rotatable bonds is 6. The molecule has 2 aromatic carbocycles. The number of carbonyl (C=O) groups excluding carboxylic acids is 1. The summed E-state index contributed by atoms with van der Waals surface area (Å²) in [4.78, 5) is 18.0. The number of nitrogens with one attached hydrogen (secondary N) is 1. The Kier molecular flexibility index (Phi) is 5.39. The van der Waals surface area contributed by atoms with Crippen molar-refractivity contribution in [2.45, 2.75) is 38.0 Å². The van der Waals surface area contributed by atoms with E-state index in [-0.39, 0.29) is 30.8 Å². The highest BCUT2D eigenvalue weighted by Crippen LogP contribution is 2.28. The average Bonchev–Trinajstić information content (AvgIpc) is 3.25. The van der Waals surface area contributed by atoms with Crippen molar-refractivity contribution in [2.24, 2.45) is 0 Å². The van der Waals surface area contributed by atoms with Gasteiger partial charge in [0.05, 0.1) is 19.1 Å². The summed E-state index contributed by atoms with van der Waals surface area (Å²) < 4.78 is 19.2. The lowest BCUT2D eigenvalue weighted by molar-refractivity contribution is -0.136. The molecule has 0 aliphatic carbocycles. The van der Waals surface area contributed by atoms with E-state index in [0.717, 1.165) is 16.6 Å². The number of halogens is 1. The highest BCUT2D eigenvalue weighted by atomic mass is 19.1. The molecule has 0 spiro atoms. The average molecular weight is 396 g/mol. The first-order valence-electron chi connectivity index (χ1n) is 9.86. The molecule has 6 heteroatoms. The molecule has 1 aromatic heterocycles. The van der Waals surface area contributed by atoms with Gasteiger partial charge in [0.15, 0.2) is 0 Å². The number of hydrogen-bond acceptors (Lipinski definition) is 3. The van der Waals surface area contributed by atoms with Gasteiger partial charge in [0.25, 0.3) is 0 Å². The van der Waals surface area contributed by atoms with Gasteiger partial charge >= 0.3 is 0 Å². The Morgan fingerprint density at radius 2 is 2.10 bits per heavy atom. The lowest BCUT2D eigenvalue weighted by Crippen LogP contribution is -2.49. The van der Waals surface area contributed by atoms with Crippen molar-refractivity contribution in [1.29, 1.82) is 0 Å². The minimum atomic E-state index is -1.07. The van der Waals surface area contributed by atoms with Gasteiger partial charge in [-0.25, -0.2) is 4.39 Å². The van der Waals surface area contributed by atoms with Gasteiger partial charge in [0.2, 0.25) is 5.91 Å². The number of ether oxygens (including phenoxy) is 1. The quantitative estimate of drug-likeness (QED) is 0.671. The van der Waals surface area contributed by atoms with Crippen LogP contribution >= 0.6 is 0 Å². The molecule has 2 atom stereocenters. The van der Waals surface area contributed by atoms with Gasteiger partial charge in [0.1, 0.15) is 11.4 Å². The standard InChI is InChI=1S/C23H25FN2O3/c1-16-23(28,9-10-29-16)15-26(14-17-5-3-2-4-6-17)22(27)11-18-13-25-21-8-7-19(24)12-20(18)21/h2-8,12-13,16,25,28H,9-11,14-15H2,1H3/t16-,23+/m0/s1. The van der Waals surface area contributed by atoms with Gasteiger partial charge in [-0.05, 0) is 36.2 Å². The lowest BCUT2D eigenvalue weighted by atomic mass is 9.95. The molecule has 0 unspecified atom stereocenters. The zero-order valence-corrected chi connectivity index (χ0v) is 16.4. The van der Waals surface area contributed by atoms with Gasteiger partial charge < -0.3 is 19.7 Å². The van der Waals surface area contributed by atoms with Crippen LogP contribution in [0.4, 0.5) is 4.39 Å². The summed E-state index contributed by atoms with van der Waals surface area (Å²) in [7, 11) is 0. The van der Waals surface area contributed by atoms with Crippen LogP contribution in [-0.2, 0) is 22.5 Å². The van der Waals surface area contributed by atoms with Gasteiger partial charge in [-0.2, -0.15) is 0 Å². The molecular formula is C23H25FN2O3. The van der Waals surface area contributed by atoms with Crippen molar-refractivity contribution >= 4 is 16.8 Å². The first-order valence-corrected chi connectivity index (χ1v) is 9.86. The minimum Gasteiger partial charge on any atom is -0.385 e. The Morgan fingerprint density at radius 1 is 1.31 bits per heavy atom. The predicted molar refractivity (Wildman–Crippen MR) is 109 cm³/mol. The number of H-pyrrole nitrogens is 1. The second-order valence-corrected chi connectivity index (χ2v) is 7.78. The largest absolute Gasteiger partial charge is 0.385 e. The third-order valence-electron chi connectivity index (χ3n) is 5.76. The van der Waals surface area contributed by atoms with Crippen molar-refractivity contribution in [1.82, 2.24) is 9.88 Å². The van der Waals surface area contributed by atoms with Gasteiger partial charge in [-0.15, -0.1) is 0 Å². The number of carbonyl (C=O) groups is 1. The maximum atomic E-state index is 13.7. The monoisotopic (exact) mass is 396 g/mol. The van der Waals surface area contributed by atoms with Crippen molar-refractivity contribution in [3.63, 3.8) is 0 Å². The Balaban J connectivity index is 1.58. The van der Waals surface area contributed by atoms with Crippen molar-refractivity contribution < 1.29 is 19.0 Å². The summed E-state index contributed by atoms with van der Waals surface area (Å²) in [5.41, 5.74) is 1.45. The zero-order chi connectivity index (χ0) is 20.4. The summed E-state index contributed by atoms with van der Waals surface area (Å²) in [5.74, 6) is -0.454. The molecule has 2 N–H and O–H groups in total. The predicted octanol–water partition coefficient (Wildman–Crippen LogP) is 3.42. The van der Waals surface area contributed by atoms with Crippen molar-refractivity contribution in [3.05, 3.63) is 71.7 Å². The number of aromatic amines is 1. The molecule has 4 rings (SSSR count). The van der Waals surface area contributed by atoms with E-state index in [1.165, 1.54) is 12.1 Å². The van der Waals surface area contributed by atoms with E-state index >= 15 is 0 Å². The Labute approximate surface area is 169 Å². The molecule has 152 valence electrons. The fourth-order valence-corrected chi connectivity index (χ4v) is 3.92. The molecule has 0 radical (unpaired) electrons. The lowest BCUT2D eigenvalue weighted by Gasteiger charge is -2.33. The van der Waals surface area contributed by atoms with Crippen LogP contribution < -0.4 is 0 Å². The number of nitrogens with zero attached hydrogens (tertiary/aromatic N) is 1. The minimum absolute atomic E-state index is 0.119. The van der Waals surface area contributed by atoms with Crippen LogP contribution in [0.15, 0.2) is 54.7 Å². The van der Waals surface area contributed by atoms with Crippen LogP contribution in [0.5, 0.6) is 0 Å². The number of aliphatic hydroxyl groups is 1. The SMILES string of the molecule is C[C@@H]1OCC[C@@]1(O)CN(Cc1ccccc1)C(=O)Cc1c[nH]c2ccc(F)cc12. The normalized spacial score (nSPS) is 21.6. The van der Waals surface area contributed by atoms with E-state index in [0.29, 0.717) is 25.0 Å². The van der Waals surface area contributed by atoms with E-state index < -0.39 is 5.60 Å². The van der Waals surface area contributed by atoms with E-state index in [9.17, 15) is 14.3 Å². The molecule has 1 fully saturated rings. The van der Waals surface area contributed by atoms with Crippen LogP contribution in [-0.4, -0.2) is 45.8 Å². The molecule has 29 heavy (non-hydrogen) atoms. The maximum absolute atomic E-state index is 13.7. The summed E-state index contributed by atoms with van der Waals surface area (Å²) in [5, 5.41) is 11.7. The number of aromatic nitrogens is 1. The van der Waals surface area contributed by atoms with Crippen LogP contribution in [0.3, 0.4) is 0 Å². The molecule has 5 nitrogen and oxygen atoms in total. The molecule has 3 aromatic rings. The highest BCUT2D eigenvalue weighted by molar-refractivity contribution is 5.89. The molecule has 1 amide bonds. The smallest absolute Gasteiger partial charge is 0.227 e. The van der Waals surface area contributed by atoms with Crippen LogP contribution in [0.2, 0.25) is 0 Å². The van der Waals surface area contributed by atoms with Crippen LogP contribution in [0.1, 0.15) is 24.5 Å². The maximum Gasteiger partial charge on any atom is 0.227 e. The van der Waals surface area contributed by atoms with E-state index in [1.807, 2.05) is 37.3 Å². The Morgan fingerprint density at radius 3 is 2.83 bits per heavy atom.